The van der Waals surface area contributed by atoms with Crippen LogP contribution in [0.3, 0.4) is 0 Å². The summed E-state index contributed by atoms with van der Waals surface area (Å²) in [4.78, 5) is 0. The van der Waals surface area contributed by atoms with Crippen molar-refractivity contribution in [1.82, 2.24) is 0 Å². The van der Waals surface area contributed by atoms with Gasteiger partial charge in [-0.05, 0) is 5.92 Å². The van der Waals surface area contributed by atoms with Crippen molar-refractivity contribution < 1.29 is 27.1 Å². The average Bonchev–Trinajstić information content (AvgIpc) is 2.42. The van der Waals surface area contributed by atoms with Crippen LogP contribution in [0.5, 0.6) is 0 Å². The maximum Gasteiger partial charge on any atom is 0.200 e. The van der Waals surface area contributed by atoms with Gasteiger partial charge in [0.1, 0.15) is 11.8 Å². The van der Waals surface area contributed by atoms with Gasteiger partial charge < -0.3 is 10.4 Å². The van der Waals surface area contributed by atoms with Crippen molar-refractivity contribution in [2.75, 3.05) is 5.32 Å². The molecule has 0 radical (unpaired) electrons. The molecule has 1 rings (SSSR count). The highest BCUT2D eigenvalue weighted by molar-refractivity contribution is 5.49. The van der Waals surface area contributed by atoms with E-state index in [-0.39, 0.29) is 0 Å². The third-order valence-electron chi connectivity index (χ3n) is 2.75. The van der Waals surface area contributed by atoms with Crippen molar-refractivity contribution >= 4 is 5.69 Å². The SMILES string of the molecule is C#C[C@H](O)[C@@H](Nc1c(F)c(F)c(F)c(F)c1F)C(C)C. The van der Waals surface area contributed by atoms with E-state index in [1.165, 1.54) is 0 Å². The number of benzene rings is 1. The van der Waals surface area contributed by atoms with Crippen molar-refractivity contribution in [3.8, 4) is 12.3 Å². The van der Waals surface area contributed by atoms with Gasteiger partial charge in [0.25, 0.3) is 0 Å². The third-order valence-corrected chi connectivity index (χ3v) is 2.75. The number of aliphatic hydroxyl groups excluding tert-OH is 1. The Balaban J connectivity index is 3.31. The summed E-state index contributed by atoms with van der Waals surface area (Å²) >= 11 is 0. The summed E-state index contributed by atoms with van der Waals surface area (Å²) in [7, 11) is 0. The fourth-order valence-corrected chi connectivity index (χ4v) is 1.61. The number of anilines is 1. The quantitative estimate of drug-likeness (QED) is 0.387. The van der Waals surface area contributed by atoms with E-state index in [4.69, 9.17) is 6.42 Å². The topological polar surface area (TPSA) is 32.3 Å². The second-order valence-corrected chi connectivity index (χ2v) is 4.47. The molecule has 2 atom stereocenters. The van der Waals surface area contributed by atoms with E-state index in [9.17, 15) is 27.1 Å². The van der Waals surface area contributed by atoms with Crippen LogP contribution in [0.2, 0.25) is 0 Å². The Hall–Kier alpha value is -1.81. The molecular formula is C13H12F5NO. The van der Waals surface area contributed by atoms with E-state index in [0.717, 1.165) is 0 Å². The smallest absolute Gasteiger partial charge is 0.200 e. The molecule has 0 saturated heterocycles. The monoisotopic (exact) mass is 293 g/mol. The van der Waals surface area contributed by atoms with Gasteiger partial charge in [0.2, 0.25) is 5.82 Å². The van der Waals surface area contributed by atoms with Gasteiger partial charge in [-0.25, -0.2) is 22.0 Å². The summed E-state index contributed by atoms with van der Waals surface area (Å²) in [5, 5.41) is 11.6. The lowest BCUT2D eigenvalue weighted by atomic mass is 9.98. The van der Waals surface area contributed by atoms with Crippen LogP contribution in [0, 0.1) is 47.3 Å². The van der Waals surface area contributed by atoms with Crippen LogP contribution in [0.1, 0.15) is 13.8 Å². The first kappa shape index (κ1) is 16.2. The zero-order valence-electron chi connectivity index (χ0n) is 10.6. The molecule has 7 heteroatoms. The van der Waals surface area contributed by atoms with Crippen LogP contribution in [-0.4, -0.2) is 17.3 Å². The Morgan fingerprint density at radius 2 is 1.35 bits per heavy atom. The number of terminal acetylenes is 1. The number of nitrogens with one attached hydrogen (secondary N) is 1. The molecule has 0 aliphatic rings. The molecule has 0 heterocycles. The predicted octanol–water partition coefficient (Wildman–Crippen LogP) is 2.81. The zero-order valence-corrected chi connectivity index (χ0v) is 10.6. The lowest BCUT2D eigenvalue weighted by molar-refractivity contribution is 0.186. The summed E-state index contributed by atoms with van der Waals surface area (Å²) in [6, 6.07) is -1.08. The normalized spacial score (nSPS) is 14.0. The first-order chi connectivity index (χ1) is 9.22. The van der Waals surface area contributed by atoms with Crippen LogP contribution in [-0.2, 0) is 0 Å². The molecular weight excluding hydrogens is 281 g/mol. The Labute approximate surface area is 112 Å². The summed E-state index contributed by atoms with van der Waals surface area (Å²) in [6.45, 7) is 3.12. The summed E-state index contributed by atoms with van der Waals surface area (Å²) in [6.07, 6.45) is 3.54. The molecule has 0 saturated carbocycles. The molecule has 0 bridgehead atoms. The molecule has 2 nitrogen and oxygen atoms in total. The van der Waals surface area contributed by atoms with Crippen LogP contribution >= 0.6 is 0 Å². The van der Waals surface area contributed by atoms with Crippen molar-refractivity contribution in [2.24, 2.45) is 5.92 Å². The Bertz CT molecular complexity index is 524. The van der Waals surface area contributed by atoms with Crippen LogP contribution < -0.4 is 5.32 Å². The highest BCUT2D eigenvalue weighted by Crippen LogP contribution is 2.28. The van der Waals surface area contributed by atoms with Gasteiger partial charge in [-0.15, -0.1) is 6.42 Å². The van der Waals surface area contributed by atoms with E-state index in [2.05, 4.69) is 5.32 Å². The van der Waals surface area contributed by atoms with E-state index in [0.29, 0.717) is 0 Å². The first-order valence-electron chi connectivity index (χ1n) is 5.64. The van der Waals surface area contributed by atoms with Gasteiger partial charge >= 0.3 is 0 Å². The van der Waals surface area contributed by atoms with Gasteiger partial charge in [0.05, 0.1) is 6.04 Å². The van der Waals surface area contributed by atoms with E-state index in [1.807, 2.05) is 5.92 Å². The van der Waals surface area contributed by atoms with E-state index in [1.54, 1.807) is 13.8 Å². The van der Waals surface area contributed by atoms with Crippen molar-refractivity contribution in [3.63, 3.8) is 0 Å². The number of rotatable bonds is 4. The predicted molar refractivity (Wildman–Crippen MR) is 63.3 cm³/mol. The van der Waals surface area contributed by atoms with Gasteiger partial charge in [0.15, 0.2) is 23.3 Å². The number of hydrogen-bond acceptors (Lipinski definition) is 2. The molecule has 0 aliphatic carbocycles. The minimum Gasteiger partial charge on any atom is -0.378 e. The largest absolute Gasteiger partial charge is 0.378 e. The molecule has 0 unspecified atom stereocenters. The Morgan fingerprint density at radius 1 is 0.950 bits per heavy atom. The fourth-order valence-electron chi connectivity index (χ4n) is 1.61. The fraction of sp³-hybridized carbons (Fsp3) is 0.385. The van der Waals surface area contributed by atoms with Gasteiger partial charge in [-0.2, -0.15) is 0 Å². The summed E-state index contributed by atoms with van der Waals surface area (Å²) < 4.78 is 65.9. The molecule has 0 spiro atoms. The molecule has 0 aliphatic heterocycles. The highest BCUT2D eigenvalue weighted by atomic mass is 19.2. The van der Waals surface area contributed by atoms with Gasteiger partial charge in [0, 0.05) is 0 Å². The molecule has 0 aromatic heterocycles. The van der Waals surface area contributed by atoms with Crippen LogP contribution in [0.4, 0.5) is 27.6 Å². The third kappa shape index (κ3) is 2.85. The highest BCUT2D eigenvalue weighted by Gasteiger charge is 2.29. The first-order valence-corrected chi connectivity index (χ1v) is 5.64. The van der Waals surface area contributed by atoms with Crippen molar-refractivity contribution in [2.45, 2.75) is 26.0 Å². The molecule has 20 heavy (non-hydrogen) atoms. The Morgan fingerprint density at radius 3 is 1.70 bits per heavy atom. The minimum absolute atomic E-state index is 0.420. The molecule has 1 aromatic rings. The summed E-state index contributed by atoms with van der Waals surface area (Å²) in [5.74, 6) is -8.87. The lowest BCUT2D eigenvalue weighted by Gasteiger charge is -2.26. The van der Waals surface area contributed by atoms with Crippen molar-refractivity contribution in [1.29, 1.82) is 0 Å². The zero-order chi connectivity index (χ0) is 15.6. The van der Waals surface area contributed by atoms with E-state index >= 15 is 0 Å². The number of aliphatic hydroxyl groups is 1. The minimum atomic E-state index is -2.25. The molecule has 2 N–H and O–H groups in total. The average molecular weight is 293 g/mol. The van der Waals surface area contributed by atoms with Crippen LogP contribution in [0.15, 0.2) is 0 Å². The second-order valence-electron chi connectivity index (χ2n) is 4.47. The maximum atomic E-state index is 13.5. The van der Waals surface area contributed by atoms with Gasteiger partial charge in [-0.3, -0.25) is 0 Å². The second kappa shape index (κ2) is 6.09. The number of hydrogen-bond donors (Lipinski definition) is 2. The van der Waals surface area contributed by atoms with Gasteiger partial charge in [-0.1, -0.05) is 19.8 Å². The van der Waals surface area contributed by atoms with Crippen molar-refractivity contribution in [3.05, 3.63) is 29.1 Å². The summed E-state index contributed by atoms with van der Waals surface area (Å²) in [5.41, 5.74) is -1.21. The lowest BCUT2D eigenvalue weighted by Crippen LogP contribution is -2.38. The molecule has 0 fully saturated rings. The molecule has 110 valence electrons. The van der Waals surface area contributed by atoms with Crippen LogP contribution in [0.25, 0.3) is 0 Å². The molecule has 0 amide bonds. The molecule has 1 aromatic carbocycles. The van der Waals surface area contributed by atoms with E-state index < -0.39 is 52.8 Å². The Kier molecular flexibility index (Phi) is 4.95. The standard InChI is InChI=1S/C13H12F5NO/c1-4-6(20)12(5(2)3)19-13-10(17)8(15)7(14)9(16)11(13)18/h1,5-6,12,19-20H,2-3H3/t6-,12-/m0/s1. The maximum absolute atomic E-state index is 13.5. The number of halogens is 5.